The minimum Gasteiger partial charge on any atom is -0.494 e. The number of hydrogen-bond acceptors (Lipinski definition) is 7. The van der Waals surface area contributed by atoms with Crippen LogP contribution in [-0.2, 0) is 6.54 Å². The molecule has 1 atom stereocenters. The van der Waals surface area contributed by atoms with Crippen molar-refractivity contribution in [3.05, 3.63) is 65.5 Å². The maximum Gasteiger partial charge on any atom is 0.179 e. The van der Waals surface area contributed by atoms with E-state index in [-0.39, 0.29) is 5.82 Å². The normalized spacial score (nSPS) is 15.9. The smallest absolute Gasteiger partial charge is 0.179 e. The minimum atomic E-state index is -0.386. The molecule has 34 heavy (non-hydrogen) atoms. The third-order valence-corrected chi connectivity index (χ3v) is 6.25. The van der Waals surface area contributed by atoms with Gasteiger partial charge in [0.15, 0.2) is 11.6 Å². The molecule has 0 amide bonds. The Hall–Kier alpha value is -3.59. The lowest BCUT2D eigenvalue weighted by Gasteiger charge is -2.18. The molecule has 0 bridgehead atoms. The molecule has 4 aromatic rings. The summed E-state index contributed by atoms with van der Waals surface area (Å²) in [6.45, 7) is 8.62. The Morgan fingerprint density at radius 2 is 2.09 bits per heavy atom. The van der Waals surface area contributed by atoms with Gasteiger partial charge in [0.05, 0.1) is 23.4 Å². The Bertz CT molecular complexity index is 1310. The van der Waals surface area contributed by atoms with Crippen LogP contribution in [0, 0.1) is 19.7 Å². The van der Waals surface area contributed by atoms with Gasteiger partial charge in [0.2, 0.25) is 0 Å². The van der Waals surface area contributed by atoms with Crippen molar-refractivity contribution in [2.24, 2.45) is 0 Å². The van der Waals surface area contributed by atoms with Gasteiger partial charge in [-0.1, -0.05) is 6.07 Å². The minimum absolute atomic E-state index is 0.324. The molecule has 0 aliphatic carbocycles. The molecule has 0 spiro atoms. The molecule has 0 radical (unpaired) electrons. The highest BCUT2D eigenvalue weighted by Crippen LogP contribution is 2.32. The average molecular weight is 462 g/mol. The van der Waals surface area contributed by atoms with Gasteiger partial charge in [-0.25, -0.2) is 9.07 Å². The number of rotatable bonds is 7. The van der Waals surface area contributed by atoms with E-state index in [1.54, 1.807) is 23.0 Å². The molecule has 176 valence electrons. The summed E-state index contributed by atoms with van der Waals surface area (Å²) in [6.07, 6.45) is 4.65. The van der Waals surface area contributed by atoms with Gasteiger partial charge in [0.1, 0.15) is 17.0 Å². The number of hydrogen-bond donors (Lipinski definition) is 1. The van der Waals surface area contributed by atoms with Crippen LogP contribution < -0.4 is 15.0 Å². The number of fused-ring (bicyclic) bond motifs is 1. The lowest BCUT2D eigenvalue weighted by molar-refractivity contribution is 0.338. The molecular weight excluding hydrogens is 433 g/mol. The zero-order valence-electron chi connectivity index (χ0n) is 19.6. The van der Waals surface area contributed by atoms with E-state index in [0.29, 0.717) is 24.1 Å². The second-order valence-electron chi connectivity index (χ2n) is 8.55. The standard InChI is InChI=1S/C25H28FN7O/c1-4-34-20-7-8-22(21(26)12-20)33-17(3)23-16(2)29-30-25(24(23)31-33)32-11-9-19(15-32)28-14-18-6-5-10-27-13-18/h5-8,10,12-13,19,28H,4,9,11,14-15H2,1-3H3/t19-/m0/s1. The predicted molar refractivity (Wildman–Crippen MR) is 129 cm³/mol. The molecular formula is C25H28FN7O. The molecule has 1 fully saturated rings. The fraction of sp³-hybridized carbons (Fsp3) is 0.360. The third-order valence-electron chi connectivity index (χ3n) is 6.25. The van der Waals surface area contributed by atoms with E-state index in [0.717, 1.165) is 59.7 Å². The zero-order valence-corrected chi connectivity index (χ0v) is 19.6. The third kappa shape index (κ3) is 4.19. The van der Waals surface area contributed by atoms with Crippen LogP contribution in [0.1, 0.15) is 30.3 Å². The van der Waals surface area contributed by atoms with Gasteiger partial charge in [-0.05, 0) is 51.0 Å². The molecule has 8 nitrogen and oxygen atoms in total. The monoisotopic (exact) mass is 461 g/mol. The molecule has 1 aromatic carbocycles. The van der Waals surface area contributed by atoms with Gasteiger partial charge in [-0.2, -0.15) is 10.2 Å². The maximum atomic E-state index is 15.0. The predicted octanol–water partition coefficient (Wildman–Crippen LogP) is 3.73. The van der Waals surface area contributed by atoms with E-state index in [2.05, 4.69) is 31.5 Å². The van der Waals surface area contributed by atoms with Crippen molar-refractivity contribution >= 4 is 16.7 Å². The van der Waals surface area contributed by atoms with Crippen molar-refractivity contribution < 1.29 is 9.13 Å². The van der Waals surface area contributed by atoms with E-state index in [1.807, 2.05) is 33.0 Å². The van der Waals surface area contributed by atoms with Crippen LogP contribution in [0.3, 0.4) is 0 Å². The molecule has 0 unspecified atom stereocenters. The van der Waals surface area contributed by atoms with Crippen LogP contribution in [0.4, 0.5) is 10.2 Å². The Morgan fingerprint density at radius 3 is 2.85 bits per heavy atom. The van der Waals surface area contributed by atoms with E-state index >= 15 is 0 Å². The van der Waals surface area contributed by atoms with E-state index in [4.69, 9.17) is 9.84 Å². The average Bonchev–Trinajstić information content (AvgIpc) is 3.44. The van der Waals surface area contributed by atoms with Gasteiger partial charge >= 0.3 is 0 Å². The van der Waals surface area contributed by atoms with Gasteiger partial charge < -0.3 is 15.0 Å². The number of aryl methyl sites for hydroxylation is 2. The second kappa shape index (κ2) is 9.34. The number of halogens is 1. The molecule has 1 aliphatic heterocycles. The highest BCUT2D eigenvalue weighted by atomic mass is 19.1. The Kier molecular flexibility index (Phi) is 6.10. The first-order chi connectivity index (χ1) is 16.5. The molecule has 1 aliphatic rings. The lowest BCUT2D eigenvalue weighted by Crippen LogP contribution is -2.32. The number of anilines is 1. The molecule has 3 aromatic heterocycles. The number of ether oxygens (including phenoxy) is 1. The van der Waals surface area contributed by atoms with Gasteiger partial charge in [-0.15, -0.1) is 5.10 Å². The van der Waals surface area contributed by atoms with Crippen molar-refractivity contribution in [1.82, 2.24) is 30.3 Å². The van der Waals surface area contributed by atoms with Crippen molar-refractivity contribution in [2.45, 2.75) is 39.8 Å². The Labute approximate surface area is 197 Å². The molecule has 5 rings (SSSR count). The summed E-state index contributed by atoms with van der Waals surface area (Å²) in [6, 6.07) is 9.19. The summed E-state index contributed by atoms with van der Waals surface area (Å²) in [5, 5.41) is 18.2. The first-order valence-corrected chi connectivity index (χ1v) is 11.6. The number of aromatic nitrogens is 5. The summed E-state index contributed by atoms with van der Waals surface area (Å²) < 4.78 is 22.0. The topological polar surface area (TPSA) is 81.0 Å². The second-order valence-corrected chi connectivity index (χ2v) is 8.55. The quantitative estimate of drug-likeness (QED) is 0.449. The van der Waals surface area contributed by atoms with E-state index in [1.165, 1.54) is 6.07 Å². The van der Waals surface area contributed by atoms with Crippen LogP contribution in [0.5, 0.6) is 5.75 Å². The Morgan fingerprint density at radius 1 is 1.21 bits per heavy atom. The fourth-order valence-corrected chi connectivity index (χ4v) is 4.56. The summed E-state index contributed by atoms with van der Waals surface area (Å²) in [5.74, 6) is 0.850. The van der Waals surface area contributed by atoms with Gasteiger partial charge in [-0.3, -0.25) is 4.98 Å². The molecule has 1 N–H and O–H groups in total. The van der Waals surface area contributed by atoms with Crippen molar-refractivity contribution in [3.63, 3.8) is 0 Å². The van der Waals surface area contributed by atoms with Gasteiger partial charge in [0.25, 0.3) is 0 Å². The zero-order chi connectivity index (χ0) is 23.7. The first kappa shape index (κ1) is 22.2. The maximum absolute atomic E-state index is 15.0. The van der Waals surface area contributed by atoms with Crippen molar-refractivity contribution in [1.29, 1.82) is 0 Å². The van der Waals surface area contributed by atoms with Gasteiger partial charge in [0, 0.05) is 44.1 Å². The van der Waals surface area contributed by atoms with E-state index in [9.17, 15) is 4.39 Å². The summed E-state index contributed by atoms with van der Waals surface area (Å²) in [4.78, 5) is 6.39. The van der Waals surface area contributed by atoms with Crippen molar-refractivity contribution in [2.75, 3.05) is 24.6 Å². The summed E-state index contributed by atoms with van der Waals surface area (Å²) in [5.41, 5.74) is 3.88. The SMILES string of the molecule is CCOc1ccc(-n2nc3c(N4CC[C@H](NCc5cccnc5)C4)nnc(C)c3c2C)c(F)c1. The number of pyridine rings is 1. The van der Waals surface area contributed by atoms with Crippen molar-refractivity contribution in [3.8, 4) is 11.4 Å². The number of nitrogens with zero attached hydrogens (tertiary/aromatic N) is 6. The highest BCUT2D eigenvalue weighted by molar-refractivity contribution is 5.92. The Balaban J connectivity index is 1.43. The molecule has 0 saturated carbocycles. The van der Waals surface area contributed by atoms with Crippen LogP contribution >= 0.6 is 0 Å². The number of benzene rings is 1. The molecule has 9 heteroatoms. The molecule has 4 heterocycles. The van der Waals surface area contributed by atoms with E-state index < -0.39 is 0 Å². The summed E-state index contributed by atoms with van der Waals surface area (Å²) in [7, 11) is 0. The highest BCUT2D eigenvalue weighted by Gasteiger charge is 2.27. The lowest BCUT2D eigenvalue weighted by atomic mass is 10.2. The van der Waals surface area contributed by atoms with Crippen LogP contribution in [-0.4, -0.2) is 50.7 Å². The van der Waals surface area contributed by atoms with Crippen LogP contribution in [0.15, 0.2) is 42.7 Å². The fourth-order valence-electron chi connectivity index (χ4n) is 4.56. The van der Waals surface area contributed by atoms with Crippen LogP contribution in [0.2, 0.25) is 0 Å². The number of nitrogens with one attached hydrogen (secondary N) is 1. The largest absolute Gasteiger partial charge is 0.494 e. The molecule has 1 saturated heterocycles. The summed E-state index contributed by atoms with van der Waals surface area (Å²) >= 11 is 0. The first-order valence-electron chi connectivity index (χ1n) is 11.6. The van der Waals surface area contributed by atoms with Crippen LogP contribution in [0.25, 0.3) is 16.6 Å².